The van der Waals surface area contributed by atoms with Gasteiger partial charge in [0.1, 0.15) is 16.1 Å². The highest BCUT2D eigenvalue weighted by Gasteiger charge is 2.32. The zero-order valence-corrected chi connectivity index (χ0v) is 23.0. The average molecular weight is 500 g/mol. The van der Waals surface area contributed by atoms with Crippen LogP contribution in [0.1, 0.15) is 104 Å². The van der Waals surface area contributed by atoms with Gasteiger partial charge in [-0.1, -0.05) is 24.4 Å². The van der Waals surface area contributed by atoms with E-state index in [0.29, 0.717) is 23.1 Å². The van der Waals surface area contributed by atoms with Gasteiger partial charge in [0.15, 0.2) is 0 Å². The first-order valence-electron chi connectivity index (χ1n) is 12.1. The zero-order valence-electron chi connectivity index (χ0n) is 21.4. The quantitative estimate of drug-likeness (QED) is 0.349. The highest BCUT2D eigenvalue weighted by molar-refractivity contribution is 7.90. The van der Waals surface area contributed by atoms with E-state index in [1.807, 2.05) is 53.7 Å². The molecule has 0 bridgehead atoms. The standard InChI is InChI=1S/C26H42ClNO4S/c1-25(2,3)32-24(29)15-13-18-10-8-9-11-19-16-23(31-7)21(27)17-20(19)22(14-12-18)28-33(30)26(4,5)6/h16-18,22,28H,8-15H2,1-7H3/t18?,22-,33?/m1/s1. The summed E-state index contributed by atoms with van der Waals surface area (Å²) in [5.74, 6) is 0.978. The van der Waals surface area contributed by atoms with E-state index >= 15 is 0 Å². The Morgan fingerprint density at radius 1 is 1.15 bits per heavy atom. The molecular weight excluding hydrogens is 458 g/mol. The van der Waals surface area contributed by atoms with Crippen molar-refractivity contribution in [2.45, 2.75) is 109 Å². The van der Waals surface area contributed by atoms with Crippen LogP contribution in [0.25, 0.3) is 0 Å². The summed E-state index contributed by atoms with van der Waals surface area (Å²) in [5.41, 5.74) is 1.85. The number of nitrogens with one attached hydrogen (secondary N) is 1. The fourth-order valence-electron chi connectivity index (χ4n) is 4.19. The van der Waals surface area contributed by atoms with E-state index < -0.39 is 17.0 Å². The van der Waals surface area contributed by atoms with Crippen LogP contribution in [0.5, 0.6) is 5.75 Å². The number of halogens is 1. The number of benzene rings is 1. The summed E-state index contributed by atoms with van der Waals surface area (Å²) in [4.78, 5) is 12.3. The molecule has 1 N–H and O–H groups in total. The number of methoxy groups -OCH3 is 1. The molecule has 0 radical (unpaired) electrons. The van der Waals surface area contributed by atoms with Crippen LogP contribution in [0, 0.1) is 5.92 Å². The van der Waals surface area contributed by atoms with Gasteiger partial charge in [0.05, 0.1) is 18.2 Å². The topological polar surface area (TPSA) is 70.6 Å². The van der Waals surface area contributed by atoms with Gasteiger partial charge in [-0.25, -0.2) is 0 Å². The summed E-state index contributed by atoms with van der Waals surface area (Å²) in [6, 6.07) is 3.93. The zero-order chi connectivity index (χ0) is 24.8. The molecule has 2 unspecified atom stereocenters. The number of esters is 1. The van der Waals surface area contributed by atoms with Crippen molar-refractivity contribution in [3.05, 3.63) is 28.3 Å². The first-order chi connectivity index (χ1) is 15.3. The van der Waals surface area contributed by atoms with Crippen molar-refractivity contribution >= 4 is 28.9 Å². The lowest BCUT2D eigenvalue weighted by Gasteiger charge is -2.31. The molecule has 1 aliphatic rings. The van der Waals surface area contributed by atoms with Gasteiger partial charge in [-0.3, -0.25) is 4.79 Å². The summed E-state index contributed by atoms with van der Waals surface area (Å²) in [6.45, 7) is 11.6. The number of ether oxygens (including phenoxy) is 2. The molecular formula is C26H42ClNO4S. The van der Waals surface area contributed by atoms with Crippen molar-refractivity contribution in [1.29, 1.82) is 0 Å². The van der Waals surface area contributed by atoms with Crippen molar-refractivity contribution in [2.24, 2.45) is 5.92 Å². The van der Waals surface area contributed by atoms with Gasteiger partial charge in [-0.15, -0.1) is 4.72 Å². The molecule has 0 fully saturated rings. The van der Waals surface area contributed by atoms with Crippen LogP contribution in [0.2, 0.25) is 5.02 Å². The number of hydrogen-bond acceptors (Lipinski definition) is 5. The molecule has 33 heavy (non-hydrogen) atoms. The summed E-state index contributed by atoms with van der Waals surface area (Å²) in [6.07, 6.45) is 7.19. The lowest BCUT2D eigenvalue weighted by atomic mass is 9.85. The van der Waals surface area contributed by atoms with E-state index in [4.69, 9.17) is 21.1 Å². The monoisotopic (exact) mass is 499 g/mol. The maximum absolute atomic E-state index is 13.0. The second-order valence-electron chi connectivity index (χ2n) is 11.1. The molecule has 188 valence electrons. The van der Waals surface area contributed by atoms with E-state index in [2.05, 4.69) is 4.72 Å². The molecule has 7 heteroatoms. The number of carbonyl (C=O) groups is 1. The molecule has 3 atom stereocenters. The molecule has 1 aliphatic carbocycles. The molecule has 5 nitrogen and oxygen atoms in total. The summed E-state index contributed by atoms with van der Waals surface area (Å²) >= 11 is 5.29. The van der Waals surface area contributed by atoms with Crippen molar-refractivity contribution in [3.8, 4) is 5.75 Å². The van der Waals surface area contributed by atoms with Gasteiger partial charge >= 0.3 is 5.97 Å². The van der Waals surface area contributed by atoms with Crippen molar-refractivity contribution < 1.29 is 18.8 Å². The molecule has 2 rings (SSSR count). The Hall–Kier alpha value is -0.950. The molecule has 0 aliphatic heterocycles. The minimum Gasteiger partial charge on any atom is -0.598 e. The Labute approximate surface area is 208 Å². The maximum atomic E-state index is 13.0. The van der Waals surface area contributed by atoms with E-state index in [1.54, 1.807) is 7.11 Å². The smallest absolute Gasteiger partial charge is 0.306 e. The van der Waals surface area contributed by atoms with Crippen LogP contribution in [0.15, 0.2) is 12.1 Å². The van der Waals surface area contributed by atoms with Crippen LogP contribution in [0.4, 0.5) is 0 Å². The van der Waals surface area contributed by atoms with E-state index in [9.17, 15) is 9.35 Å². The highest BCUT2D eigenvalue weighted by Crippen LogP contribution is 2.37. The summed E-state index contributed by atoms with van der Waals surface area (Å²) in [7, 11) is 1.63. The predicted octanol–water partition coefficient (Wildman–Crippen LogP) is 6.69. The number of fused-ring (bicyclic) bond motifs is 1. The van der Waals surface area contributed by atoms with Crippen LogP contribution in [0.3, 0.4) is 0 Å². The van der Waals surface area contributed by atoms with Crippen molar-refractivity contribution in [2.75, 3.05) is 7.11 Å². The Balaban J connectivity index is 2.23. The summed E-state index contributed by atoms with van der Waals surface area (Å²) < 4.78 is 27.0. The minimum atomic E-state index is -1.21. The van der Waals surface area contributed by atoms with Gasteiger partial charge in [-0.05, 0) is 103 Å². The van der Waals surface area contributed by atoms with Crippen molar-refractivity contribution in [3.63, 3.8) is 0 Å². The third-order valence-electron chi connectivity index (χ3n) is 5.94. The Morgan fingerprint density at radius 2 is 1.85 bits per heavy atom. The van der Waals surface area contributed by atoms with E-state index in [1.165, 1.54) is 5.56 Å². The molecule has 0 saturated carbocycles. The van der Waals surface area contributed by atoms with Crippen molar-refractivity contribution in [1.82, 2.24) is 4.72 Å². The third-order valence-corrected chi connectivity index (χ3v) is 7.85. The Bertz CT molecular complexity index is 788. The molecule has 0 aromatic heterocycles. The first kappa shape index (κ1) is 28.3. The predicted molar refractivity (Wildman–Crippen MR) is 137 cm³/mol. The molecule has 0 spiro atoms. The average Bonchev–Trinajstić information content (AvgIpc) is 2.69. The van der Waals surface area contributed by atoms with Gasteiger partial charge in [0, 0.05) is 17.8 Å². The van der Waals surface area contributed by atoms with Crippen LogP contribution in [-0.4, -0.2) is 28.0 Å². The number of carbonyl (C=O) groups excluding carboxylic acids is 1. The Kier molecular flexibility index (Phi) is 10.4. The fourth-order valence-corrected chi connectivity index (χ4v) is 5.30. The number of aryl methyl sites for hydroxylation is 1. The number of rotatable bonds is 6. The summed E-state index contributed by atoms with van der Waals surface area (Å²) in [5, 5.41) is 0.572. The second kappa shape index (κ2) is 12.1. The van der Waals surface area contributed by atoms with Crippen LogP contribution >= 0.6 is 11.6 Å². The largest absolute Gasteiger partial charge is 0.598 e. The molecule has 1 aromatic carbocycles. The highest BCUT2D eigenvalue weighted by atomic mass is 35.5. The maximum Gasteiger partial charge on any atom is 0.306 e. The van der Waals surface area contributed by atoms with Crippen LogP contribution < -0.4 is 9.46 Å². The molecule has 1 aromatic rings. The normalized spacial score (nSPS) is 21.1. The van der Waals surface area contributed by atoms with Gasteiger partial charge < -0.3 is 14.0 Å². The fraction of sp³-hybridized carbons (Fsp3) is 0.731. The molecule has 0 amide bonds. The third kappa shape index (κ3) is 9.31. The SMILES string of the molecule is COc1cc2c(cc1Cl)[C@H](N[S+]([O-])C(C)(C)C)CCC(CCC(=O)OC(C)(C)C)CCCC2. The second-order valence-corrected chi connectivity index (χ2v) is 13.5. The van der Waals surface area contributed by atoms with E-state index in [0.717, 1.165) is 50.5 Å². The molecule has 0 heterocycles. The van der Waals surface area contributed by atoms with Gasteiger partial charge in [0.25, 0.3) is 0 Å². The van der Waals surface area contributed by atoms with E-state index in [-0.39, 0.29) is 16.8 Å². The lowest BCUT2D eigenvalue weighted by molar-refractivity contribution is -0.155. The van der Waals surface area contributed by atoms with Gasteiger partial charge in [0.2, 0.25) is 0 Å². The lowest BCUT2D eigenvalue weighted by Crippen LogP contribution is -2.41. The number of hydrogen-bond donors (Lipinski definition) is 1. The Morgan fingerprint density at radius 3 is 2.45 bits per heavy atom. The van der Waals surface area contributed by atoms with Gasteiger partial charge in [-0.2, -0.15) is 0 Å². The van der Waals surface area contributed by atoms with Crippen LogP contribution in [-0.2, 0) is 27.3 Å². The minimum absolute atomic E-state index is 0.0782. The first-order valence-corrected chi connectivity index (χ1v) is 13.6. The molecule has 0 saturated heterocycles.